The number of non-ortho nitro benzene ring substituents is 1. The minimum Gasteiger partial charge on any atom is -0.497 e. The summed E-state index contributed by atoms with van der Waals surface area (Å²) in [6, 6.07) is 6.49. The van der Waals surface area contributed by atoms with Crippen molar-refractivity contribution in [2.45, 2.75) is 28.8 Å². The zero-order chi connectivity index (χ0) is 31.4. The topological polar surface area (TPSA) is 184 Å². The third-order valence-corrected chi connectivity index (χ3v) is 9.75. The van der Waals surface area contributed by atoms with Crippen molar-refractivity contribution in [2.24, 2.45) is 4.99 Å². The molecular weight excluding hydrogens is 588 g/mol. The number of carbonyl (C=O) groups excluding carboxylic acids is 3. The molecule has 1 spiro atoms. The molecule has 0 bridgehead atoms. The summed E-state index contributed by atoms with van der Waals surface area (Å²) in [7, 11) is 1.68. The summed E-state index contributed by atoms with van der Waals surface area (Å²) in [5.41, 5.74) is -1.57. The van der Waals surface area contributed by atoms with E-state index in [0.29, 0.717) is 17.0 Å². The molecule has 3 aliphatic heterocycles. The minimum absolute atomic E-state index is 0.200. The van der Waals surface area contributed by atoms with Gasteiger partial charge in [0.25, 0.3) is 15.7 Å². The number of amidine groups is 1. The molecule has 0 saturated carbocycles. The van der Waals surface area contributed by atoms with Crippen molar-refractivity contribution in [3.8, 4) is 5.75 Å². The smallest absolute Gasteiger partial charge is 0.357 e. The first-order valence-electron chi connectivity index (χ1n) is 12.7. The predicted octanol–water partition coefficient (Wildman–Crippen LogP) is 1.31. The van der Waals surface area contributed by atoms with Crippen molar-refractivity contribution in [1.82, 2.24) is 4.31 Å². The van der Waals surface area contributed by atoms with Gasteiger partial charge in [0.2, 0.25) is 0 Å². The fraction of sp³-hybridized carbons (Fsp3) is 0.333. The van der Waals surface area contributed by atoms with Crippen molar-refractivity contribution in [1.29, 1.82) is 0 Å². The van der Waals surface area contributed by atoms with Gasteiger partial charge in [0.1, 0.15) is 17.6 Å². The molecule has 15 nitrogen and oxygen atoms in total. The van der Waals surface area contributed by atoms with Gasteiger partial charge in [-0.15, -0.1) is 0 Å². The van der Waals surface area contributed by atoms with Gasteiger partial charge in [-0.05, 0) is 42.3 Å². The Morgan fingerprint density at radius 3 is 2.21 bits per heavy atom. The molecule has 0 aliphatic carbocycles. The lowest BCUT2D eigenvalue weighted by Crippen LogP contribution is -2.55. The number of nitrogens with zero attached hydrogens (tertiary/aromatic N) is 4. The van der Waals surface area contributed by atoms with Crippen molar-refractivity contribution >= 4 is 45.1 Å². The number of fused-ring (bicyclic) bond motifs is 1. The van der Waals surface area contributed by atoms with Gasteiger partial charge in [0, 0.05) is 24.9 Å². The van der Waals surface area contributed by atoms with Crippen LogP contribution in [0.15, 0.2) is 63.6 Å². The first kappa shape index (κ1) is 29.5. The van der Waals surface area contributed by atoms with Crippen molar-refractivity contribution in [2.75, 3.05) is 40.4 Å². The molecular formula is C27H26N4O11S. The molecule has 226 valence electrons. The third-order valence-electron chi connectivity index (χ3n) is 7.93. The molecule has 5 rings (SSSR count). The number of aliphatic imine (C=N–C) groups is 1. The number of likely N-dealkylation sites (N-methyl/N-ethyl adjacent to an activating group) is 1. The van der Waals surface area contributed by atoms with Gasteiger partial charge in [0.15, 0.2) is 5.70 Å². The maximum absolute atomic E-state index is 14.3. The highest BCUT2D eigenvalue weighted by Crippen LogP contribution is 2.58. The van der Waals surface area contributed by atoms with Crippen LogP contribution in [0, 0.1) is 10.1 Å². The van der Waals surface area contributed by atoms with Crippen molar-refractivity contribution in [3.63, 3.8) is 0 Å². The van der Waals surface area contributed by atoms with Crippen LogP contribution in [0.5, 0.6) is 5.75 Å². The Balaban J connectivity index is 1.88. The van der Waals surface area contributed by atoms with Crippen LogP contribution in [-0.2, 0) is 44.0 Å². The number of carbonyl (C=O) groups is 3. The number of methoxy groups -OCH3 is 4. The summed E-state index contributed by atoms with van der Waals surface area (Å²) in [5, 5.41) is 11.2. The SMILES string of the molecule is COC(=O)C1=C(C(=O)OC)[C@@H]2N(C)c3ccc(OC)cc3[C@@]23C[C@@H](C(=O)OC)N(S(=O)(=O)c2ccc([N+](=O)[O-])cc2)C3=N1. The average molecular weight is 615 g/mol. The predicted molar refractivity (Wildman–Crippen MR) is 148 cm³/mol. The van der Waals surface area contributed by atoms with Crippen LogP contribution in [0.25, 0.3) is 0 Å². The molecule has 3 aliphatic rings. The van der Waals surface area contributed by atoms with E-state index in [9.17, 15) is 32.9 Å². The van der Waals surface area contributed by atoms with Gasteiger partial charge in [-0.3, -0.25) is 10.1 Å². The second-order valence-electron chi connectivity index (χ2n) is 9.84. The summed E-state index contributed by atoms with van der Waals surface area (Å²) in [6.07, 6.45) is -0.255. The number of esters is 3. The van der Waals surface area contributed by atoms with Gasteiger partial charge in [0.05, 0.1) is 55.3 Å². The van der Waals surface area contributed by atoms with Gasteiger partial charge in [-0.2, -0.15) is 0 Å². The van der Waals surface area contributed by atoms with E-state index >= 15 is 0 Å². The molecule has 2 aromatic rings. The summed E-state index contributed by atoms with van der Waals surface area (Å²) in [5.74, 6) is -2.74. The monoisotopic (exact) mass is 614 g/mol. The van der Waals surface area contributed by atoms with Crippen LogP contribution in [0.2, 0.25) is 0 Å². The van der Waals surface area contributed by atoms with Gasteiger partial charge in [-0.25, -0.2) is 32.1 Å². The first-order chi connectivity index (χ1) is 20.4. The standard InChI is InChI=1S/C27H26N4O11S/c1-29-18-11-8-15(39-2)12-17(18)27-13-19(23(32)40-3)30(43(37,38)16-9-6-14(7-10-16)31(35)36)26(27)28-21(25(34)42-5)20(22(27)29)24(33)41-4/h6-12,19,22H,13H2,1-5H3/t19-,22-,27-/m0/s1. The maximum atomic E-state index is 14.3. The quantitative estimate of drug-likeness (QED) is 0.189. The molecule has 1 saturated heterocycles. The second kappa shape index (κ2) is 10.4. The van der Waals surface area contributed by atoms with E-state index in [2.05, 4.69) is 4.99 Å². The van der Waals surface area contributed by atoms with Crippen molar-refractivity contribution in [3.05, 3.63) is 69.4 Å². The van der Waals surface area contributed by atoms with Crippen molar-refractivity contribution < 1.29 is 46.7 Å². The van der Waals surface area contributed by atoms with E-state index < -0.39 is 56.1 Å². The Labute approximate surface area is 245 Å². The van der Waals surface area contributed by atoms with E-state index in [4.69, 9.17) is 18.9 Å². The lowest BCUT2D eigenvalue weighted by atomic mass is 9.69. The van der Waals surface area contributed by atoms with E-state index in [-0.39, 0.29) is 28.4 Å². The lowest BCUT2D eigenvalue weighted by Gasteiger charge is -2.39. The average Bonchev–Trinajstić information content (AvgIpc) is 3.50. The number of anilines is 1. The highest BCUT2D eigenvalue weighted by atomic mass is 32.2. The molecule has 0 amide bonds. The minimum atomic E-state index is -4.70. The van der Waals surface area contributed by atoms with Crippen LogP contribution < -0.4 is 9.64 Å². The van der Waals surface area contributed by atoms with Crippen LogP contribution in [0.3, 0.4) is 0 Å². The number of ether oxygens (including phenoxy) is 4. The number of sulfonamides is 1. The molecule has 3 heterocycles. The normalized spacial score (nSPS) is 22.2. The van der Waals surface area contributed by atoms with E-state index in [0.717, 1.165) is 49.9 Å². The second-order valence-corrected chi connectivity index (χ2v) is 11.7. The molecule has 0 unspecified atom stereocenters. The van der Waals surface area contributed by atoms with Gasteiger partial charge >= 0.3 is 17.9 Å². The summed E-state index contributed by atoms with van der Waals surface area (Å²) in [4.78, 5) is 56.0. The molecule has 0 aromatic heterocycles. The van der Waals surface area contributed by atoms with E-state index in [1.54, 1.807) is 30.1 Å². The summed E-state index contributed by atoms with van der Waals surface area (Å²) in [6.45, 7) is 0. The molecule has 3 atom stereocenters. The van der Waals surface area contributed by atoms with E-state index in [1.807, 2.05) is 0 Å². The number of nitro benzene ring substituents is 1. The van der Waals surface area contributed by atoms with Gasteiger partial charge in [-0.1, -0.05) is 0 Å². The highest BCUT2D eigenvalue weighted by molar-refractivity contribution is 7.89. The van der Waals surface area contributed by atoms with Crippen LogP contribution in [0.4, 0.5) is 11.4 Å². The Kier molecular flexibility index (Phi) is 7.12. The molecule has 0 N–H and O–H groups in total. The Morgan fingerprint density at radius 2 is 1.65 bits per heavy atom. The Hall–Kier alpha value is -4.99. The molecule has 2 aromatic carbocycles. The fourth-order valence-corrected chi connectivity index (χ4v) is 7.75. The molecule has 16 heteroatoms. The number of hydrogen-bond acceptors (Lipinski definition) is 13. The third kappa shape index (κ3) is 4.11. The Morgan fingerprint density at radius 1 is 1.00 bits per heavy atom. The first-order valence-corrected chi connectivity index (χ1v) is 14.1. The number of benzene rings is 2. The molecule has 1 fully saturated rings. The fourth-order valence-electron chi connectivity index (χ4n) is 6.12. The van der Waals surface area contributed by atoms with Crippen LogP contribution >= 0.6 is 0 Å². The van der Waals surface area contributed by atoms with E-state index in [1.165, 1.54) is 7.11 Å². The maximum Gasteiger partial charge on any atom is 0.357 e. The molecule has 0 radical (unpaired) electrons. The van der Waals surface area contributed by atoms with Crippen LogP contribution in [0.1, 0.15) is 12.0 Å². The summed E-state index contributed by atoms with van der Waals surface area (Å²) >= 11 is 0. The number of hydrogen-bond donors (Lipinski definition) is 0. The largest absolute Gasteiger partial charge is 0.497 e. The van der Waals surface area contributed by atoms with Crippen LogP contribution in [-0.4, -0.2) is 89.0 Å². The lowest BCUT2D eigenvalue weighted by molar-refractivity contribution is -0.384. The summed E-state index contributed by atoms with van der Waals surface area (Å²) < 4.78 is 49.8. The zero-order valence-corrected chi connectivity index (χ0v) is 24.4. The zero-order valence-electron chi connectivity index (χ0n) is 23.6. The highest BCUT2D eigenvalue weighted by Gasteiger charge is 2.68. The number of nitro groups is 1. The Bertz CT molecular complexity index is 1740. The van der Waals surface area contributed by atoms with Gasteiger partial charge < -0.3 is 23.8 Å². The molecule has 43 heavy (non-hydrogen) atoms. The number of rotatable bonds is 7.